The summed E-state index contributed by atoms with van der Waals surface area (Å²) >= 11 is 0. The number of hydrogen-bond donors (Lipinski definition) is 2. The van der Waals surface area contributed by atoms with E-state index in [1.54, 1.807) is 0 Å². The van der Waals surface area contributed by atoms with Crippen molar-refractivity contribution >= 4 is 5.91 Å². The molecule has 0 bridgehead atoms. The van der Waals surface area contributed by atoms with Gasteiger partial charge in [-0.05, 0) is 25.1 Å². The first-order valence-electron chi connectivity index (χ1n) is 6.99. The number of nitrogens with two attached hydrogens (primary N) is 1. The predicted octanol–water partition coefficient (Wildman–Crippen LogP) is 1.53. The van der Waals surface area contributed by atoms with Crippen LogP contribution in [-0.2, 0) is 4.79 Å². The van der Waals surface area contributed by atoms with Crippen LogP contribution in [0.1, 0.15) is 31.9 Å². The Bertz CT molecular complexity index is 367. The highest BCUT2D eigenvalue weighted by Crippen LogP contribution is 2.08. The van der Waals surface area contributed by atoms with Gasteiger partial charge < -0.3 is 16.0 Å². The van der Waals surface area contributed by atoms with Gasteiger partial charge in [-0.1, -0.05) is 44.2 Å². The maximum absolute atomic E-state index is 11.9. The molecule has 1 aromatic carbocycles. The van der Waals surface area contributed by atoms with Gasteiger partial charge in [0.15, 0.2) is 0 Å². The first-order chi connectivity index (χ1) is 9.19. The molecule has 0 aromatic heterocycles. The number of hydrogen-bond acceptors (Lipinski definition) is 3. The topological polar surface area (TPSA) is 58.4 Å². The van der Waals surface area contributed by atoms with Crippen molar-refractivity contribution in [2.45, 2.75) is 26.3 Å². The number of likely N-dealkylation sites (N-methyl/N-ethyl adjacent to an activating group) is 1. The third-order valence-corrected chi connectivity index (χ3v) is 3.16. The fourth-order valence-electron chi connectivity index (χ4n) is 2.00. The van der Waals surface area contributed by atoms with Crippen LogP contribution in [0.25, 0.3) is 0 Å². The van der Waals surface area contributed by atoms with Gasteiger partial charge in [0.2, 0.25) is 5.91 Å². The highest BCUT2D eigenvalue weighted by atomic mass is 16.2. The van der Waals surface area contributed by atoms with E-state index in [2.05, 4.69) is 24.1 Å². The lowest BCUT2D eigenvalue weighted by atomic mass is 10.1. The van der Waals surface area contributed by atoms with Crippen LogP contribution in [0.3, 0.4) is 0 Å². The summed E-state index contributed by atoms with van der Waals surface area (Å²) < 4.78 is 0. The fourth-order valence-corrected chi connectivity index (χ4v) is 2.00. The number of nitrogens with zero attached hydrogens (tertiary/aromatic N) is 1. The van der Waals surface area contributed by atoms with Crippen LogP contribution in [0.2, 0.25) is 0 Å². The zero-order chi connectivity index (χ0) is 14.1. The molecule has 3 N–H and O–H groups in total. The maximum atomic E-state index is 11.9. The number of benzene rings is 1. The summed E-state index contributed by atoms with van der Waals surface area (Å²) in [5, 5.41) is 2.90. The average molecular weight is 263 g/mol. The lowest BCUT2D eigenvalue weighted by Gasteiger charge is -2.20. The van der Waals surface area contributed by atoms with Crippen LogP contribution in [-0.4, -0.2) is 37.0 Å². The molecule has 0 fully saturated rings. The minimum atomic E-state index is -0.581. The number of carbonyl (C=O) groups is 1. The van der Waals surface area contributed by atoms with Crippen LogP contribution in [0.4, 0.5) is 0 Å². The molecule has 0 spiro atoms. The van der Waals surface area contributed by atoms with Crippen LogP contribution >= 0.6 is 0 Å². The second kappa shape index (κ2) is 8.67. The standard InChI is InChI=1S/C15H25N3O/c1-3-11-18(4-2)12-10-17-15(19)14(16)13-8-6-5-7-9-13/h5-9,14H,3-4,10-12,16H2,1-2H3,(H,17,19). The first kappa shape index (κ1) is 15.7. The van der Waals surface area contributed by atoms with E-state index in [-0.39, 0.29) is 5.91 Å². The second-order valence-electron chi connectivity index (χ2n) is 4.61. The van der Waals surface area contributed by atoms with Crippen molar-refractivity contribution in [1.82, 2.24) is 10.2 Å². The lowest BCUT2D eigenvalue weighted by molar-refractivity contribution is -0.122. The SMILES string of the molecule is CCCN(CC)CCNC(=O)C(N)c1ccccc1. The Labute approximate surface area is 116 Å². The summed E-state index contributed by atoms with van der Waals surface area (Å²) in [4.78, 5) is 14.2. The van der Waals surface area contributed by atoms with Crippen LogP contribution in [0.5, 0.6) is 0 Å². The molecule has 0 aliphatic carbocycles. The molecule has 1 rings (SSSR count). The summed E-state index contributed by atoms with van der Waals surface area (Å²) in [6, 6.07) is 8.87. The van der Waals surface area contributed by atoms with Crippen molar-refractivity contribution in [2.24, 2.45) is 5.73 Å². The number of nitrogens with one attached hydrogen (secondary N) is 1. The Morgan fingerprint density at radius 1 is 1.26 bits per heavy atom. The molecule has 4 heteroatoms. The molecule has 0 saturated heterocycles. The van der Waals surface area contributed by atoms with Crippen molar-refractivity contribution in [3.8, 4) is 0 Å². The second-order valence-corrected chi connectivity index (χ2v) is 4.61. The van der Waals surface area contributed by atoms with E-state index in [0.717, 1.165) is 31.6 Å². The summed E-state index contributed by atoms with van der Waals surface area (Å²) in [6.45, 7) is 7.89. The van der Waals surface area contributed by atoms with E-state index in [9.17, 15) is 4.79 Å². The minimum Gasteiger partial charge on any atom is -0.353 e. The van der Waals surface area contributed by atoms with Crippen LogP contribution in [0.15, 0.2) is 30.3 Å². The molecule has 1 amide bonds. The molecule has 1 aromatic rings. The molecule has 106 valence electrons. The molecule has 4 nitrogen and oxygen atoms in total. The summed E-state index contributed by atoms with van der Waals surface area (Å²) in [5.41, 5.74) is 6.77. The molecule has 0 aliphatic rings. The Morgan fingerprint density at radius 2 is 1.95 bits per heavy atom. The Kier molecular flexibility index (Phi) is 7.15. The van der Waals surface area contributed by atoms with Gasteiger partial charge in [-0.2, -0.15) is 0 Å². The van der Waals surface area contributed by atoms with E-state index in [4.69, 9.17) is 5.73 Å². The Balaban J connectivity index is 2.35. The van der Waals surface area contributed by atoms with Gasteiger partial charge in [0, 0.05) is 13.1 Å². The third-order valence-electron chi connectivity index (χ3n) is 3.16. The zero-order valence-corrected chi connectivity index (χ0v) is 11.9. The number of carbonyl (C=O) groups excluding carboxylic acids is 1. The molecule has 0 radical (unpaired) electrons. The van der Waals surface area contributed by atoms with Gasteiger partial charge >= 0.3 is 0 Å². The monoisotopic (exact) mass is 263 g/mol. The van der Waals surface area contributed by atoms with Crippen molar-refractivity contribution in [1.29, 1.82) is 0 Å². The van der Waals surface area contributed by atoms with E-state index in [1.807, 2.05) is 30.3 Å². The Morgan fingerprint density at radius 3 is 2.53 bits per heavy atom. The van der Waals surface area contributed by atoms with Crippen molar-refractivity contribution in [3.05, 3.63) is 35.9 Å². The van der Waals surface area contributed by atoms with Crippen LogP contribution in [0, 0.1) is 0 Å². The molecule has 1 unspecified atom stereocenters. The van der Waals surface area contributed by atoms with Gasteiger partial charge in [0.05, 0.1) is 0 Å². The smallest absolute Gasteiger partial charge is 0.241 e. The first-order valence-corrected chi connectivity index (χ1v) is 6.99. The van der Waals surface area contributed by atoms with Crippen molar-refractivity contribution < 1.29 is 4.79 Å². The van der Waals surface area contributed by atoms with Crippen molar-refractivity contribution in [2.75, 3.05) is 26.2 Å². The van der Waals surface area contributed by atoms with Crippen molar-refractivity contribution in [3.63, 3.8) is 0 Å². The fraction of sp³-hybridized carbons (Fsp3) is 0.533. The van der Waals surface area contributed by atoms with Gasteiger partial charge in [0.1, 0.15) is 6.04 Å². The van der Waals surface area contributed by atoms with E-state index in [1.165, 1.54) is 0 Å². The highest BCUT2D eigenvalue weighted by Gasteiger charge is 2.14. The summed E-state index contributed by atoms with van der Waals surface area (Å²) in [7, 11) is 0. The van der Waals surface area contributed by atoms with E-state index >= 15 is 0 Å². The zero-order valence-electron chi connectivity index (χ0n) is 11.9. The number of amides is 1. The maximum Gasteiger partial charge on any atom is 0.241 e. The molecule has 19 heavy (non-hydrogen) atoms. The quantitative estimate of drug-likeness (QED) is 0.748. The summed E-state index contributed by atoms with van der Waals surface area (Å²) in [6.07, 6.45) is 1.13. The molecule has 0 aliphatic heterocycles. The van der Waals surface area contributed by atoms with Gasteiger partial charge in [0.25, 0.3) is 0 Å². The molecular weight excluding hydrogens is 238 g/mol. The van der Waals surface area contributed by atoms with Gasteiger partial charge in [-0.15, -0.1) is 0 Å². The molecule has 1 atom stereocenters. The molecule has 0 heterocycles. The lowest BCUT2D eigenvalue weighted by Crippen LogP contribution is -2.39. The summed E-state index contributed by atoms with van der Waals surface area (Å²) in [5.74, 6) is -0.112. The molecule has 0 saturated carbocycles. The average Bonchev–Trinajstić information content (AvgIpc) is 2.46. The number of rotatable bonds is 8. The van der Waals surface area contributed by atoms with Gasteiger partial charge in [-0.3, -0.25) is 4.79 Å². The van der Waals surface area contributed by atoms with Gasteiger partial charge in [-0.25, -0.2) is 0 Å². The Hall–Kier alpha value is -1.39. The minimum absolute atomic E-state index is 0.112. The largest absolute Gasteiger partial charge is 0.353 e. The van der Waals surface area contributed by atoms with Crippen LogP contribution < -0.4 is 11.1 Å². The van der Waals surface area contributed by atoms with E-state index in [0.29, 0.717) is 6.54 Å². The highest BCUT2D eigenvalue weighted by molar-refractivity contribution is 5.82. The molecular formula is C15H25N3O. The third kappa shape index (κ3) is 5.41. The predicted molar refractivity (Wildman–Crippen MR) is 78.8 cm³/mol. The van der Waals surface area contributed by atoms with E-state index < -0.39 is 6.04 Å². The normalized spacial score (nSPS) is 12.4.